The number of nitrogens with zero attached hydrogens (tertiary/aromatic N) is 2. The fourth-order valence-electron chi connectivity index (χ4n) is 3.91. The first kappa shape index (κ1) is 16.3. The van der Waals surface area contributed by atoms with E-state index in [1.165, 1.54) is 19.3 Å². The molecule has 2 amide bonds. The van der Waals surface area contributed by atoms with Gasteiger partial charge >= 0.3 is 6.03 Å². The number of carbonyl (C=O) groups is 1. The minimum Gasteiger partial charge on any atom is -0.378 e. The third kappa shape index (κ3) is 3.37. The molecule has 2 aliphatic carbocycles. The van der Waals surface area contributed by atoms with Crippen molar-refractivity contribution in [1.29, 1.82) is 0 Å². The van der Waals surface area contributed by atoms with E-state index >= 15 is 0 Å². The summed E-state index contributed by atoms with van der Waals surface area (Å²) >= 11 is 0. The van der Waals surface area contributed by atoms with Gasteiger partial charge in [-0.05, 0) is 38.2 Å². The zero-order valence-corrected chi connectivity index (χ0v) is 14.1. The predicted octanol–water partition coefficient (Wildman–Crippen LogP) is 2.17. The number of carbonyl (C=O) groups excluding carboxylic acids is 1. The Hall–Kier alpha value is -1.56. The van der Waals surface area contributed by atoms with Gasteiger partial charge in [0, 0.05) is 43.5 Å². The highest BCUT2D eigenvalue weighted by Gasteiger charge is 2.59. The lowest BCUT2D eigenvalue weighted by Gasteiger charge is -2.60. The third-order valence-electron chi connectivity index (χ3n) is 5.41. The number of urea groups is 1. The molecular formula is C17H28N4O2. The highest BCUT2D eigenvalue weighted by molar-refractivity contribution is 5.74. The molecule has 3 rings (SSSR count). The van der Waals surface area contributed by atoms with Crippen molar-refractivity contribution in [2.24, 2.45) is 11.3 Å². The molecule has 128 valence electrons. The van der Waals surface area contributed by atoms with Crippen molar-refractivity contribution in [2.75, 3.05) is 13.2 Å². The number of nitrogens with one attached hydrogen (secondary N) is 2. The minimum absolute atomic E-state index is 0.0523. The van der Waals surface area contributed by atoms with Gasteiger partial charge in [-0.2, -0.15) is 5.10 Å². The van der Waals surface area contributed by atoms with E-state index in [1.54, 1.807) is 6.20 Å². The molecule has 0 unspecified atom stereocenters. The van der Waals surface area contributed by atoms with Crippen LogP contribution in [0.15, 0.2) is 18.5 Å². The fourth-order valence-corrected chi connectivity index (χ4v) is 3.91. The largest absolute Gasteiger partial charge is 0.378 e. The highest BCUT2D eigenvalue weighted by Crippen LogP contribution is 2.57. The average molecular weight is 320 g/mol. The maximum absolute atomic E-state index is 12.2. The molecular weight excluding hydrogens is 292 g/mol. The van der Waals surface area contributed by atoms with E-state index in [0.717, 1.165) is 19.6 Å². The molecule has 2 aliphatic rings. The van der Waals surface area contributed by atoms with E-state index in [4.69, 9.17) is 4.74 Å². The van der Waals surface area contributed by atoms with Gasteiger partial charge in [-0.3, -0.25) is 4.68 Å². The van der Waals surface area contributed by atoms with Gasteiger partial charge in [0.25, 0.3) is 0 Å². The number of hydrogen-bond donors (Lipinski definition) is 2. The molecule has 6 heteroatoms. The molecule has 6 nitrogen and oxygen atoms in total. The Morgan fingerprint density at radius 2 is 2.35 bits per heavy atom. The maximum atomic E-state index is 12.2. The van der Waals surface area contributed by atoms with Crippen molar-refractivity contribution in [1.82, 2.24) is 20.4 Å². The number of aromatic nitrogens is 2. The summed E-state index contributed by atoms with van der Waals surface area (Å²) in [5.74, 6) is 0.343. The quantitative estimate of drug-likeness (QED) is 0.809. The standard InChI is InChI=1S/C17H28N4O2/c1-3-23-15-10-14(17(15)6-4-7-17)20-16(22)18-11-13(2)12-21-9-5-8-19-21/h5,8-9,13-15H,3-4,6-7,10-12H2,1-2H3,(H2,18,20,22)/t13-,14-,15+/m0/s1. The summed E-state index contributed by atoms with van der Waals surface area (Å²) in [5, 5.41) is 10.3. The second-order valence-electron chi connectivity index (χ2n) is 7.01. The molecule has 1 aromatic rings. The van der Waals surface area contributed by atoms with Crippen molar-refractivity contribution >= 4 is 6.03 Å². The Morgan fingerprint density at radius 1 is 1.52 bits per heavy atom. The van der Waals surface area contributed by atoms with Gasteiger partial charge < -0.3 is 15.4 Å². The molecule has 0 bridgehead atoms. The summed E-state index contributed by atoms with van der Waals surface area (Å²) in [6, 6.07) is 2.13. The smallest absolute Gasteiger partial charge is 0.315 e. The van der Waals surface area contributed by atoms with E-state index in [-0.39, 0.29) is 17.5 Å². The Morgan fingerprint density at radius 3 is 2.96 bits per heavy atom. The molecule has 0 saturated heterocycles. The van der Waals surface area contributed by atoms with E-state index in [0.29, 0.717) is 18.6 Å². The second kappa shape index (κ2) is 6.91. The van der Waals surface area contributed by atoms with E-state index in [2.05, 4.69) is 22.7 Å². The van der Waals surface area contributed by atoms with Crippen molar-refractivity contribution < 1.29 is 9.53 Å². The van der Waals surface area contributed by atoms with Crippen LogP contribution in [0, 0.1) is 11.3 Å². The first-order valence-electron chi connectivity index (χ1n) is 8.77. The molecule has 1 aromatic heterocycles. The van der Waals surface area contributed by atoms with Gasteiger partial charge in [-0.15, -0.1) is 0 Å². The monoisotopic (exact) mass is 320 g/mol. The van der Waals surface area contributed by atoms with Crippen LogP contribution in [0.4, 0.5) is 4.79 Å². The summed E-state index contributed by atoms with van der Waals surface area (Å²) in [7, 11) is 0. The topological polar surface area (TPSA) is 68.2 Å². The predicted molar refractivity (Wildman–Crippen MR) is 88.0 cm³/mol. The van der Waals surface area contributed by atoms with Crippen LogP contribution in [-0.2, 0) is 11.3 Å². The van der Waals surface area contributed by atoms with Crippen molar-refractivity contribution in [3.05, 3.63) is 18.5 Å². The van der Waals surface area contributed by atoms with Crippen LogP contribution < -0.4 is 10.6 Å². The van der Waals surface area contributed by atoms with Crippen LogP contribution in [0.2, 0.25) is 0 Å². The van der Waals surface area contributed by atoms with Gasteiger partial charge in [-0.1, -0.05) is 13.3 Å². The molecule has 2 N–H and O–H groups in total. The van der Waals surface area contributed by atoms with E-state index in [1.807, 2.05) is 23.9 Å². The molecule has 0 aliphatic heterocycles. The van der Waals surface area contributed by atoms with Crippen LogP contribution in [0.25, 0.3) is 0 Å². The molecule has 23 heavy (non-hydrogen) atoms. The lowest BCUT2D eigenvalue weighted by atomic mass is 9.51. The average Bonchev–Trinajstić information content (AvgIpc) is 2.95. The third-order valence-corrected chi connectivity index (χ3v) is 5.41. The molecule has 0 radical (unpaired) electrons. The first-order valence-corrected chi connectivity index (χ1v) is 8.77. The Labute approximate surface area is 138 Å². The lowest BCUT2D eigenvalue weighted by molar-refractivity contribution is -0.169. The summed E-state index contributed by atoms with van der Waals surface area (Å²) < 4.78 is 7.72. The van der Waals surface area contributed by atoms with Gasteiger partial charge in [0.2, 0.25) is 0 Å². The fraction of sp³-hybridized carbons (Fsp3) is 0.765. The van der Waals surface area contributed by atoms with Crippen LogP contribution >= 0.6 is 0 Å². The van der Waals surface area contributed by atoms with Gasteiger partial charge in [0.1, 0.15) is 0 Å². The number of amides is 2. The Kier molecular flexibility index (Phi) is 4.90. The molecule has 1 heterocycles. The van der Waals surface area contributed by atoms with Gasteiger partial charge in [-0.25, -0.2) is 4.79 Å². The van der Waals surface area contributed by atoms with Gasteiger partial charge in [0.05, 0.1) is 6.10 Å². The zero-order chi connectivity index (χ0) is 16.3. The number of ether oxygens (including phenoxy) is 1. The van der Waals surface area contributed by atoms with Crippen LogP contribution in [0.5, 0.6) is 0 Å². The minimum atomic E-state index is -0.0523. The molecule has 0 aromatic carbocycles. The SMILES string of the molecule is CCO[C@@H]1C[C@H](NC(=O)NC[C@H](C)Cn2cccn2)C12CCC2. The maximum Gasteiger partial charge on any atom is 0.315 e. The van der Waals surface area contributed by atoms with E-state index < -0.39 is 0 Å². The Balaban J connectivity index is 1.40. The van der Waals surface area contributed by atoms with Crippen molar-refractivity contribution in [3.8, 4) is 0 Å². The number of rotatable bonds is 7. The van der Waals surface area contributed by atoms with E-state index in [9.17, 15) is 4.79 Å². The normalized spacial score (nSPS) is 26.2. The summed E-state index contributed by atoms with van der Waals surface area (Å²) in [6.07, 6.45) is 8.62. The second-order valence-corrected chi connectivity index (χ2v) is 7.01. The molecule has 1 spiro atoms. The Bertz CT molecular complexity index is 513. The molecule has 3 atom stereocenters. The lowest BCUT2D eigenvalue weighted by Crippen LogP contribution is -2.68. The number of hydrogen-bond acceptors (Lipinski definition) is 3. The molecule has 2 saturated carbocycles. The van der Waals surface area contributed by atoms with Crippen LogP contribution in [-0.4, -0.2) is 41.1 Å². The highest BCUT2D eigenvalue weighted by atomic mass is 16.5. The van der Waals surface area contributed by atoms with Crippen molar-refractivity contribution in [3.63, 3.8) is 0 Å². The van der Waals surface area contributed by atoms with Crippen LogP contribution in [0.3, 0.4) is 0 Å². The first-order chi connectivity index (χ1) is 11.1. The molecule has 2 fully saturated rings. The summed E-state index contributed by atoms with van der Waals surface area (Å²) in [6.45, 7) is 6.38. The zero-order valence-electron chi connectivity index (χ0n) is 14.1. The van der Waals surface area contributed by atoms with Crippen molar-refractivity contribution in [2.45, 2.75) is 58.2 Å². The van der Waals surface area contributed by atoms with Gasteiger partial charge in [0.15, 0.2) is 0 Å². The summed E-state index contributed by atoms with van der Waals surface area (Å²) in [5.41, 5.74) is 0.216. The summed E-state index contributed by atoms with van der Waals surface area (Å²) in [4.78, 5) is 12.2. The van der Waals surface area contributed by atoms with Crippen LogP contribution in [0.1, 0.15) is 39.5 Å².